The molecule has 7 nitrogen and oxygen atoms in total. The number of aromatic nitrogens is 5. The highest BCUT2D eigenvalue weighted by Gasteiger charge is 2.52. The number of nitriles is 1. The van der Waals surface area contributed by atoms with Crippen molar-refractivity contribution in [2.45, 2.75) is 5.41 Å². The van der Waals surface area contributed by atoms with Crippen LogP contribution in [-0.4, -0.2) is 24.1 Å². The van der Waals surface area contributed by atoms with E-state index in [0.29, 0.717) is 28.6 Å². The van der Waals surface area contributed by atoms with Crippen LogP contribution in [0.15, 0.2) is 261 Å². The molecule has 0 saturated heterocycles. The van der Waals surface area contributed by atoms with Crippen molar-refractivity contribution >= 4 is 60.7 Å². The Balaban J connectivity index is 0.942. The van der Waals surface area contributed by atoms with E-state index in [4.69, 9.17) is 15.0 Å². The fraction of sp³-hybridized carbons (Fsp3) is 0.0141. The van der Waals surface area contributed by atoms with Crippen LogP contribution in [0.25, 0.3) is 100 Å². The fourth-order valence-electron chi connectivity index (χ4n) is 13.0. The van der Waals surface area contributed by atoms with Crippen LogP contribution in [-0.2, 0) is 5.41 Å². The van der Waals surface area contributed by atoms with Crippen LogP contribution in [0.1, 0.15) is 27.8 Å². The van der Waals surface area contributed by atoms with Crippen LogP contribution >= 0.6 is 0 Å². The van der Waals surface area contributed by atoms with Crippen LogP contribution in [0, 0.1) is 11.3 Å². The summed E-state index contributed by atoms with van der Waals surface area (Å²) < 4.78 is 4.85. The zero-order valence-electron chi connectivity index (χ0n) is 42.0. The molecule has 0 fully saturated rings. The maximum Gasteiger partial charge on any atom is 0.164 e. The molecular formula is C71H43N7. The Labute approximate surface area is 449 Å². The van der Waals surface area contributed by atoms with Gasteiger partial charge in [0.1, 0.15) is 0 Å². The van der Waals surface area contributed by atoms with Gasteiger partial charge in [-0.1, -0.05) is 182 Å². The van der Waals surface area contributed by atoms with E-state index in [1.165, 1.54) is 65.9 Å². The highest BCUT2D eigenvalue weighted by molar-refractivity contribution is 6.11. The molecule has 11 aromatic carbocycles. The van der Waals surface area contributed by atoms with Gasteiger partial charge >= 0.3 is 0 Å². The van der Waals surface area contributed by atoms with Crippen molar-refractivity contribution < 1.29 is 0 Å². The van der Waals surface area contributed by atoms with Crippen LogP contribution in [0.3, 0.4) is 0 Å². The van der Waals surface area contributed by atoms with Gasteiger partial charge in [0.25, 0.3) is 0 Å². The predicted molar refractivity (Wildman–Crippen MR) is 315 cm³/mol. The van der Waals surface area contributed by atoms with Crippen LogP contribution in [0.4, 0.5) is 17.1 Å². The fourth-order valence-corrected chi connectivity index (χ4v) is 13.0. The van der Waals surface area contributed by atoms with E-state index in [0.717, 1.165) is 50.7 Å². The number of nitrogens with zero attached hydrogens (tertiary/aromatic N) is 7. The van der Waals surface area contributed by atoms with Crippen molar-refractivity contribution in [3.05, 3.63) is 289 Å². The summed E-state index contributed by atoms with van der Waals surface area (Å²) in [4.78, 5) is 17.6. The molecule has 0 saturated carbocycles. The molecule has 78 heavy (non-hydrogen) atoms. The van der Waals surface area contributed by atoms with E-state index in [9.17, 15) is 5.26 Å². The number of anilines is 3. The molecule has 14 aromatic rings. The first-order valence-corrected chi connectivity index (χ1v) is 26.3. The number of para-hydroxylation sites is 6. The molecule has 1 aliphatic heterocycles. The first kappa shape index (κ1) is 43.7. The Kier molecular flexibility index (Phi) is 9.48. The lowest BCUT2D eigenvalue weighted by atomic mass is 9.64. The minimum absolute atomic E-state index is 0.480. The quantitative estimate of drug-likeness (QED) is 0.166. The highest BCUT2D eigenvalue weighted by Crippen LogP contribution is 2.64. The number of hydrogen-bond acceptors (Lipinski definition) is 5. The van der Waals surface area contributed by atoms with Gasteiger partial charge in [0.15, 0.2) is 17.5 Å². The third-order valence-electron chi connectivity index (χ3n) is 16.1. The molecule has 0 atom stereocenters. The number of fused-ring (bicyclic) bond motifs is 15. The summed E-state index contributed by atoms with van der Waals surface area (Å²) in [5.74, 6) is 1.59. The average Bonchev–Trinajstić information content (AvgIpc) is 4.17. The van der Waals surface area contributed by atoms with Gasteiger partial charge in [0, 0.05) is 55.3 Å². The second kappa shape index (κ2) is 16.9. The minimum atomic E-state index is -0.744. The lowest BCUT2D eigenvalue weighted by Crippen LogP contribution is -2.36. The van der Waals surface area contributed by atoms with Crippen LogP contribution in [0.2, 0.25) is 0 Å². The van der Waals surface area contributed by atoms with Gasteiger partial charge in [-0.05, 0) is 112 Å². The van der Waals surface area contributed by atoms with E-state index in [1.54, 1.807) is 0 Å². The molecule has 0 radical (unpaired) electrons. The number of hydrogen-bond donors (Lipinski definition) is 0. The van der Waals surface area contributed by atoms with Crippen molar-refractivity contribution in [1.82, 2.24) is 24.1 Å². The van der Waals surface area contributed by atoms with Gasteiger partial charge in [-0.3, -0.25) is 0 Å². The summed E-state index contributed by atoms with van der Waals surface area (Å²) >= 11 is 0. The third kappa shape index (κ3) is 6.29. The summed E-state index contributed by atoms with van der Waals surface area (Å²) in [5.41, 5.74) is 19.0. The van der Waals surface area contributed by atoms with Crippen molar-refractivity contribution in [2.24, 2.45) is 0 Å². The molecule has 4 heterocycles. The van der Waals surface area contributed by atoms with Crippen molar-refractivity contribution in [1.29, 1.82) is 5.26 Å². The van der Waals surface area contributed by atoms with Crippen molar-refractivity contribution in [3.8, 4) is 62.7 Å². The topological polar surface area (TPSA) is 75.6 Å². The van der Waals surface area contributed by atoms with Gasteiger partial charge < -0.3 is 14.0 Å². The average molecular weight is 994 g/mol. The molecule has 362 valence electrons. The molecule has 16 rings (SSSR count). The molecule has 1 spiro atoms. The molecule has 0 unspecified atom stereocenters. The first-order chi connectivity index (χ1) is 38.6. The van der Waals surface area contributed by atoms with Gasteiger partial charge in [-0.2, -0.15) is 5.26 Å². The van der Waals surface area contributed by atoms with Crippen LogP contribution in [0.5, 0.6) is 0 Å². The standard InChI is InChI=1S/C71H43N7/c72-44-45-39-48(70-74-68(46-19-3-1-4-20-46)73-69(75-70)47-21-5-2-6-22-47)41-51(40-45)78-66-33-17-11-27-60(66)71(61-28-12-18-34-67(61)78)58-37-35-49(76-62-29-13-7-23-52(62)53-24-8-14-30-63(53)76)42-56(58)57-43-50(36-38-59(57)71)77-64-31-15-9-25-54(64)55-26-10-16-32-65(55)77/h1-43H. The normalized spacial score (nSPS) is 12.9. The van der Waals surface area contributed by atoms with E-state index < -0.39 is 5.41 Å². The Morgan fingerprint density at radius 1 is 0.321 bits per heavy atom. The minimum Gasteiger partial charge on any atom is -0.310 e. The third-order valence-corrected chi connectivity index (χ3v) is 16.1. The molecular weight excluding hydrogens is 951 g/mol. The summed E-state index contributed by atoms with van der Waals surface area (Å²) in [6, 6.07) is 95.4. The Bertz CT molecular complexity index is 4450. The van der Waals surface area contributed by atoms with E-state index in [1.807, 2.05) is 72.8 Å². The monoisotopic (exact) mass is 993 g/mol. The smallest absolute Gasteiger partial charge is 0.164 e. The number of rotatable bonds is 6. The lowest BCUT2D eigenvalue weighted by molar-refractivity contribution is 0.752. The molecule has 0 N–H and O–H groups in total. The summed E-state index contributed by atoms with van der Waals surface area (Å²) in [6.07, 6.45) is 0. The van der Waals surface area contributed by atoms with Gasteiger partial charge in [-0.25, -0.2) is 15.0 Å². The Morgan fingerprint density at radius 2 is 0.705 bits per heavy atom. The molecule has 2 aliphatic rings. The van der Waals surface area contributed by atoms with Crippen molar-refractivity contribution in [2.75, 3.05) is 4.90 Å². The summed E-state index contributed by atoms with van der Waals surface area (Å²) in [7, 11) is 0. The second-order valence-electron chi connectivity index (χ2n) is 20.2. The molecule has 0 bridgehead atoms. The van der Waals surface area contributed by atoms with Gasteiger partial charge in [0.05, 0.1) is 50.5 Å². The Morgan fingerprint density at radius 3 is 1.14 bits per heavy atom. The summed E-state index contributed by atoms with van der Waals surface area (Å²) in [5, 5.41) is 15.8. The van der Waals surface area contributed by atoms with E-state index in [-0.39, 0.29) is 0 Å². The highest BCUT2D eigenvalue weighted by atomic mass is 15.2. The summed E-state index contributed by atoms with van der Waals surface area (Å²) in [6.45, 7) is 0. The SMILES string of the molecule is N#Cc1cc(-c2nc(-c3ccccc3)nc(-c3ccccc3)n2)cc(N2c3ccccc3C3(c4ccc(-n5c6ccccc6c6ccccc65)cc4-c4cc(-n5c6ccccc6c6ccccc65)ccc43)c3ccccc32)c1. The predicted octanol–water partition coefficient (Wildman–Crippen LogP) is 17.1. The maximum absolute atomic E-state index is 10.9. The maximum atomic E-state index is 10.9. The molecule has 0 amide bonds. The Hall–Kier alpha value is -10.7. The largest absolute Gasteiger partial charge is 0.310 e. The van der Waals surface area contributed by atoms with Gasteiger partial charge in [0.2, 0.25) is 0 Å². The molecule has 7 heteroatoms. The second-order valence-corrected chi connectivity index (χ2v) is 20.2. The zero-order chi connectivity index (χ0) is 51.5. The van der Waals surface area contributed by atoms with Crippen molar-refractivity contribution in [3.63, 3.8) is 0 Å². The number of benzene rings is 11. The molecule has 1 aliphatic carbocycles. The zero-order valence-corrected chi connectivity index (χ0v) is 42.0. The molecule has 3 aromatic heterocycles. The van der Waals surface area contributed by atoms with E-state index in [2.05, 4.69) is 208 Å². The lowest BCUT2D eigenvalue weighted by Gasteiger charge is -2.45. The van der Waals surface area contributed by atoms with Crippen LogP contribution < -0.4 is 4.90 Å². The van der Waals surface area contributed by atoms with E-state index >= 15 is 0 Å². The first-order valence-electron chi connectivity index (χ1n) is 26.3. The van der Waals surface area contributed by atoms with Gasteiger partial charge in [-0.15, -0.1) is 0 Å².